The number of thioether (sulfide) groups is 2. The zero-order valence-electron chi connectivity index (χ0n) is 59.8. The van der Waals surface area contributed by atoms with Crippen molar-refractivity contribution in [2.24, 2.45) is 22.4 Å². The van der Waals surface area contributed by atoms with Gasteiger partial charge in [-0.05, 0) is 97.5 Å². The van der Waals surface area contributed by atoms with Gasteiger partial charge in [-0.15, -0.1) is 11.8 Å². The van der Waals surface area contributed by atoms with E-state index in [1.807, 2.05) is 74.5 Å². The molecular formula is C77H98N12O13S3. The highest BCUT2D eigenvalue weighted by Gasteiger charge is 2.38. The molecule has 0 radical (unpaired) electrons. The molecule has 0 spiro atoms. The van der Waals surface area contributed by atoms with Crippen molar-refractivity contribution in [3.63, 3.8) is 0 Å². The van der Waals surface area contributed by atoms with Gasteiger partial charge < -0.3 is 63.5 Å². The summed E-state index contributed by atoms with van der Waals surface area (Å²) in [6.07, 6.45) is 3.32. The lowest BCUT2D eigenvalue weighted by molar-refractivity contribution is -0.136. The molecule has 6 aromatic carbocycles. The molecule has 6 atom stereocenters. The molecule has 7 rings (SSSR count). The first kappa shape index (κ1) is 82.4. The van der Waals surface area contributed by atoms with Crippen molar-refractivity contribution in [1.82, 2.24) is 47.3 Å². The fourth-order valence-electron chi connectivity index (χ4n) is 11.6. The van der Waals surface area contributed by atoms with Gasteiger partial charge in [0.15, 0.2) is 0 Å². The highest BCUT2D eigenvalue weighted by molar-refractivity contribution is 8.00. The van der Waals surface area contributed by atoms with Gasteiger partial charge in [-0.3, -0.25) is 43.3 Å². The average Bonchev–Trinajstić information content (AvgIpc) is 0.839. The SMILES string of the molecule is CCOc1ccc(C[C@H](NC(=O)CC2(SCc3ccccc3)CCCCC2)C(=O)N[C@@H](Cc2ccccc2)C(=O)N[C@H](C(=O)N[C@@H](CC(N)=O)C(=O)N[C@@H](CSCc2ccccc2)C(=O)NCCNC(=O)[C@H](CCCN=C(N)NS(=O)(=O)c2ccc(C)cc2)NC(=O)OCc2ccccc2)C(C)C)cc1. The Bertz CT molecular complexity index is 3940. The molecule has 6 aromatic rings. The second kappa shape index (κ2) is 42.7. The van der Waals surface area contributed by atoms with Crippen LogP contribution in [0, 0.1) is 12.8 Å². The third-order valence-corrected chi connectivity index (χ3v) is 21.4. The lowest BCUT2D eigenvalue weighted by Gasteiger charge is -2.37. The number of carbonyl (C=O) groups excluding carboxylic acids is 9. The van der Waals surface area contributed by atoms with Crippen molar-refractivity contribution in [1.29, 1.82) is 0 Å². The van der Waals surface area contributed by atoms with E-state index in [4.69, 9.17) is 20.9 Å². The van der Waals surface area contributed by atoms with E-state index in [0.29, 0.717) is 40.6 Å². The number of carbonyl (C=O) groups is 9. The fourth-order valence-corrected chi connectivity index (χ4v) is 15.0. The number of ether oxygens (including phenoxy) is 2. The van der Waals surface area contributed by atoms with Gasteiger partial charge in [-0.2, -0.15) is 11.8 Å². The minimum Gasteiger partial charge on any atom is -0.494 e. The molecule has 105 heavy (non-hydrogen) atoms. The molecule has 0 saturated heterocycles. The maximum atomic E-state index is 14.9. The lowest BCUT2D eigenvalue weighted by atomic mass is 9.85. The van der Waals surface area contributed by atoms with Crippen LogP contribution in [0.15, 0.2) is 180 Å². The van der Waals surface area contributed by atoms with E-state index < -0.39 is 112 Å². The van der Waals surface area contributed by atoms with Crippen molar-refractivity contribution < 1.29 is 61.0 Å². The third-order valence-electron chi connectivity index (χ3n) is 17.2. The zero-order chi connectivity index (χ0) is 75.6. The summed E-state index contributed by atoms with van der Waals surface area (Å²) in [5, 5.41) is 22.0. The highest BCUT2D eigenvalue weighted by Crippen LogP contribution is 2.44. The van der Waals surface area contributed by atoms with Crippen LogP contribution in [0.25, 0.3) is 0 Å². The number of benzene rings is 6. The maximum absolute atomic E-state index is 14.9. The Morgan fingerprint density at radius 3 is 1.65 bits per heavy atom. The van der Waals surface area contributed by atoms with Gasteiger partial charge in [0.1, 0.15) is 48.6 Å². The molecule has 0 heterocycles. The second-order valence-corrected chi connectivity index (χ2v) is 30.2. The van der Waals surface area contributed by atoms with Gasteiger partial charge in [0, 0.05) is 60.9 Å². The van der Waals surface area contributed by atoms with Crippen LogP contribution in [0.1, 0.15) is 112 Å². The van der Waals surface area contributed by atoms with Crippen LogP contribution in [0.5, 0.6) is 5.75 Å². The summed E-state index contributed by atoms with van der Waals surface area (Å²) in [7, 11) is -4.05. The predicted molar refractivity (Wildman–Crippen MR) is 407 cm³/mol. The second-order valence-electron chi connectivity index (χ2n) is 26.0. The van der Waals surface area contributed by atoms with Gasteiger partial charge in [0.2, 0.25) is 53.2 Å². The smallest absolute Gasteiger partial charge is 0.408 e. The summed E-state index contributed by atoms with van der Waals surface area (Å²) in [6, 6.07) is 42.4. The molecule has 0 aliphatic heterocycles. The first-order valence-electron chi connectivity index (χ1n) is 35.2. The van der Waals surface area contributed by atoms with Gasteiger partial charge in [-0.1, -0.05) is 184 Å². The number of hydrogen-bond donors (Lipinski definition) is 11. The fraction of sp³-hybridized carbons (Fsp3) is 0.403. The number of nitrogens with two attached hydrogens (primary N) is 2. The number of sulfonamides is 1. The van der Waals surface area contributed by atoms with Crippen molar-refractivity contribution in [3.05, 3.63) is 203 Å². The molecule has 25 nitrogen and oxygen atoms in total. The molecule has 0 aromatic heterocycles. The maximum Gasteiger partial charge on any atom is 0.408 e. The van der Waals surface area contributed by atoms with Crippen molar-refractivity contribution in [2.75, 3.05) is 32.0 Å². The lowest BCUT2D eigenvalue weighted by Crippen LogP contribution is -2.61. The molecule has 0 bridgehead atoms. The summed E-state index contributed by atoms with van der Waals surface area (Å²) in [5.74, 6) is -5.28. The van der Waals surface area contributed by atoms with Crippen LogP contribution < -0.4 is 63.5 Å². The molecule has 9 amide bonds. The molecule has 13 N–H and O–H groups in total. The number of alkyl carbamates (subject to hydrolysis) is 1. The molecule has 1 aliphatic carbocycles. The van der Waals surface area contributed by atoms with E-state index in [-0.39, 0.29) is 79.6 Å². The quantitative estimate of drug-likeness (QED) is 0.0108. The Labute approximate surface area is 623 Å². The highest BCUT2D eigenvalue weighted by atomic mass is 32.2. The first-order valence-corrected chi connectivity index (χ1v) is 38.9. The number of aliphatic imine (C=N–C) groups is 1. The number of hydrogen-bond acceptors (Lipinski definition) is 16. The van der Waals surface area contributed by atoms with E-state index in [0.717, 1.165) is 48.8 Å². The molecule has 1 saturated carbocycles. The van der Waals surface area contributed by atoms with Crippen LogP contribution in [0.4, 0.5) is 4.79 Å². The molecule has 1 aliphatic rings. The van der Waals surface area contributed by atoms with Crippen molar-refractivity contribution >= 4 is 92.9 Å². The monoisotopic (exact) mass is 1490 g/mol. The Morgan fingerprint density at radius 1 is 0.552 bits per heavy atom. The Kier molecular flexibility index (Phi) is 33.5. The molecular weight excluding hydrogens is 1400 g/mol. The molecule has 28 heteroatoms. The van der Waals surface area contributed by atoms with Gasteiger partial charge in [0.25, 0.3) is 10.0 Å². The van der Waals surface area contributed by atoms with Crippen molar-refractivity contribution in [2.45, 2.75) is 162 Å². The molecule has 1 fully saturated rings. The summed E-state index contributed by atoms with van der Waals surface area (Å²) in [5.41, 5.74) is 16.6. The minimum atomic E-state index is -4.05. The zero-order valence-corrected chi connectivity index (χ0v) is 62.2. The molecule has 562 valence electrons. The van der Waals surface area contributed by atoms with Crippen LogP contribution in [0.2, 0.25) is 0 Å². The van der Waals surface area contributed by atoms with Crippen molar-refractivity contribution in [3.8, 4) is 5.75 Å². The van der Waals surface area contributed by atoms with Crippen LogP contribution in [-0.2, 0) is 84.1 Å². The third kappa shape index (κ3) is 28.9. The van der Waals surface area contributed by atoms with E-state index in [2.05, 4.69) is 64.4 Å². The van der Waals surface area contributed by atoms with Gasteiger partial charge >= 0.3 is 6.09 Å². The molecule has 0 unspecified atom stereocenters. The van der Waals surface area contributed by atoms with E-state index in [1.54, 1.807) is 111 Å². The van der Waals surface area contributed by atoms with E-state index >= 15 is 0 Å². The van der Waals surface area contributed by atoms with E-state index in [1.165, 1.54) is 23.9 Å². The number of rotatable bonds is 41. The van der Waals surface area contributed by atoms with Crippen LogP contribution in [-0.4, -0.2) is 141 Å². The number of guanidine groups is 1. The van der Waals surface area contributed by atoms with E-state index in [9.17, 15) is 51.6 Å². The summed E-state index contributed by atoms with van der Waals surface area (Å²) in [6.45, 7) is 6.91. The largest absolute Gasteiger partial charge is 0.494 e. The average molecular weight is 1500 g/mol. The Balaban J connectivity index is 1.03. The Hall–Kier alpha value is -9.93. The number of aryl methyl sites for hydroxylation is 1. The Morgan fingerprint density at radius 2 is 1.07 bits per heavy atom. The topological polar surface area (TPSA) is 379 Å². The number of amides is 9. The minimum absolute atomic E-state index is 0.0148. The number of nitrogens with zero attached hydrogens (tertiary/aromatic N) is 1. The predicted octanol–water partition coefficient (Wildman–Crippen LogP) is 6.69. The van der Waals surface area contributed by atoms with Gasteiger partial charge in [0.05, 0.1) is 17.9 Å². The summed E-state index contributed by atoms with van der Waals surface area (Å²) >= 11 is 3.06. The standard InChI is InChI=1S/C77H98N12O13S3/c1-5-101-59-35-33-55(34-36-59)45-62(83-67(91)47-77(39-19-10-20-40-77)104-50-58-28-17-9-18-29-58)71(94)84-63(44-54-22-11-6-12-23-54)73(96)88-68(52(2)3)74(97)85-64(46-66(78)90)72(95)86-65(51-103-49-57-26-15-8-16-27-57)70(93)81-43-42-80-69(92)61(87-76(98)102-48-56-24-13-7-14-25-56)30-21-41-82-75(79)89-105(99,100)60-37-31-53(4)32-38-60/h6-9,11-18,22-29,31-38,52,61-65,68H,5,10,19-21,30,39-51H2,1-4H3,(H2,78,90)(H,80,92)(H,81,93)(H,83,91)(H,84,94)(H,85,97)(H,86,95)(H,87,98)(H,88,96)(H3,79,82,89)/t61-,62-,63-,64-,65-,68-/m0/s1. The van der Waals surface area contributed by atoms with Crippen LogP contribution in [0.3, 0.4) is 0 Å². The van der Waals surface area contributed by atoms with Gasteiger partial charge in [-0.25, -0.2) is 17.9 Å². The van der Waals surface area contributed by atoms with Crippen LogP contribution >= 0.6 is 23.5 Å². The first-order chi connectivity index (χ1) is 50.5. The normalized spacial score (nSPS) is 14.4. The number of nitrogens with one attached hydrogen (secondary N) is 9. The number of primary amides is 1. The summed E-state index contributed by atoms with van der Waals surface area (Å²) in [4.78, 5) is 131. The summed E-state index contributed by atoms with van der Waals surface area (Å²) < 4.78 is 38.8.